The Balaban J connectivity index is 1.97. The van der Waals surface area contributed by atoms with E-state index < -0.39 is 5.82 Å². The van der Waals surface area contributed by atoms with Gasteiger partial charge in [-0.3, -0.25) is 0 Å². The lowest BCUT2D eigenvalue weighted by Crippen LogP contribution is -2.18. The minimum absolute atomic E-state index is 0.00568. The van der Waals surface area contributed by atoms with Crippen LogP contribution in [0.15, 0.2) is 24.4 Å². The van der Waals surface area contributed by atoms with Gasteiger partial charge in [-0.2, -0.15) is 5.10 Å². The van der Waals surface area contributed by atoms with Gasteiger partial charge in [-0.25, -0.2) is 9.07 Å². The lowest BCUT2D eigenvalue weighted by Gasteiger charge is -2.23. The molecule has 2 aromatic carbocycles. The minimum atomic E-state index is -0.418. The van der Waals surface area contributed by atoms with E-state index in [4.69, 9.17) is 16.3 Å². The molecule has 4 nitrogen and oxygen atoms in total. The van der Waals surface area contributed by atoms with Crippen LogP contribution in [-0.4, -0.2) is 22.7 Å². The van der Waals surface area contributed by atoms with E-state index in [2.05, 4.69) is 5.10 Å². The summed E-state index contributed by atoms with van der Waals surface area (Å²) in [5.41, 5.74) is 1.19. The van der Waals surface area contributed by atoms with Crippen molar-refractivity contribution in [2.45, 2.75) is 31.9 Å². The minimum Gasteiger partial charge on any atom is -0.356 e. The van der Waals surface area contributed by atoms with Gasteiger partial charge in [0.1, 0.15) is 12.1 Å². The molecular weight excluding hydrogens is 331 g/mol. The molecular formula is C18H16ClFN2O2. The quantitative estimate of drug-likeness (QED) is 0.659. The summed E-state index contributed by atoms with van der Waals surface area (Å²) in [5.74, 6) is -0.418. The molecule has 0 radical (unpaired) electrons. The Morgan fingerprint density at radius 2 is 2.29 bits per heavy atom. The number of aldehydes is 1. The van der Waals surface area contributed by atoms with E-state index in [9.17, 15) is 9.18 Å². The Morgan fingerprint density at radius 3 is 3.04 bits per heavy atom. The molecule has 1 aliphatic heterocycles. The molecule has 2 heterocycles. The summed E-state index contributed by atoms with van der Waals surface area (Å²) >= 11 is 6.56. The van der Waals surface area contributed by atoms with Crippen molar-refractivity contribution in [3.63, 3.8) is 0 Å². The molecule has 6 heteroatoms. The van der Waals surface area contributed by atoms with Crippen LogP contribution < -0.4 is 0 Å². The maximum atomic E-state index is 14.1. The molecule has 1 aromatic heterocycles. The molecule has 4 rings (SSSR count). The van der Waals surface area contributed by atoms with Crippen LogP contribution >= 0.6 is 11.6 Å². The number of ether oxygens (including phenoxy) is 1. The summed E-state index contributed by atoms with van der Waals surface area (Å²) in [6.07, 6.45) is 5.35. The number of carbonyl (C=O) groups is 1. The highest BCUT2D eigenvalue weighted by atomic mass is 35.5. The highest BCUT2D eigenvalue weighted by Crippen LogP contribution is 2.37. The molecule has 0 bridgehead atoms. The number of aromatic nitrogens is 2. The third-order valence-corrected chi connectivity index (χ3v) is 4.98. The average Bonchev–Trinajstić information content (AvgIpc) is 3.03. The molecule has 1 unspecified atom stereocenters. The van der Waals surface area contributed by atoms with Crippen molar-refractivity contribution < 1.29 is 13.9 Å². The van der Waals surface area contributed by atoms with Crippen LogP contribution in [0.2, 0.25) is 5.02 Å². The van der Waals surface area contributed by atoms with Gasteiger partial charge in [-0.05, 0) is 36.8 Å². The summed E-state index contributed by atoms with van der Waals surface area (Å²) < 4.78 is 21.8. The van der Waals surface area contributed by atoms with Crippen LogP contribution in [0.25, 0.3) is 21.7 Å². The van der Waals surface area contributed by atoms with E-state index in [-0.39, 0.29) is 12.6 Å². The zero-order valence-electron chi connectivity index (χ0n) is 13.0. The van der Waals surface area contributed by atoms with E-state index in [1.165, 1.54) is 6.07 Å². The normalized spacial score (nSPS) is 18.3. The average molecular weight is 347 g/mol. The Labute approximate surface area is 143 Å². The molecule has 24 heavy (non-hydrogen) atoms. The zero-order chi connectivity index (χ0) is 16.7. The number of benzene rings is 2. The van der Waals surface area contributed by atoms with Crippen molar-refractivity contribution in [1.82, 2.24) is 9.78 Å². The molecule has 0 aliphatic carbocycles. The predicted octanol–water partition coefficient (Wildman–Crippen LogP) is 4.42. The maximum absolute atomic E-state index is 14.1. The zero-order valence-corrected chi connectivity index (χ0v) is 13.7. The van der Waals surface area contributed by atoms with Gasteiger partial charge < -0.3 is 9.53 Å². The fourth-order valence-electron chi connectivity index (χ4n) is 3.42. The third-order valence-electron chi connectivity index (χ3n) is 4.59. The molecule has 1 fully saturated rings. The first kappa shape index (κ1) is 15.5. The largest absolute Gasteiger partial charge is 0.356 e. The summed E-state index contributed by atoms with van der Waals surface area (Å²) in [6, 6.07) is 5.00. The highest BCUT2D eigenvalue weighted by molar-refractivity contribution is 6.41. The maximum Gasteiger partial charge on any atom is 0.150 e. The van der Waals surface area contributed by atoms with Gasteiger partial charge in [0.15, 0.2) is 6.23 Å². The number of hydrogen-bond acceptors (Lipinski definition) is 3. The first-order valence-electron chi connectivity index (χ1n) is 8.02. The molecule has 3 aromatic rings. The molecule has 1 aliphatic rings. The Bertz CT molecular complexity index is 932. The lowest BCUT2D eigenvalue weighted by molar-refractivity contribution is -0.107. The summed E-state index contributed by atoms with van der Waals surface area (Å²) in [6.45, 7) is 0.724. The fraction of sp³-hybridized carbons (Fsp3) is 0.333. The predicted molar refractivity (Wildman–Crippen MR) is 90.8 cm³/mol. The van der Waals surface area contributed by atoms with Gasteiger partial charge in [0.25, 0.3) is 0 Å². The Hall–Kier alpha value is -1.98. The number of rotatable bonds is 3. The van der Waals surface area contributed by atoms with Gasteiger partial charge in [-0.15, -0.1) is 0 Å². The number of carbonyl (C=O) groups excluding carboxylic acids is 1. The fourth-order valence-corrected chi connectivity index (χ4v) is 3.78. The SMILES string of the molecule is O=CCc1c(F)ccc2cc3c(cnn3C3CCCCO3)c(Cl)c12. The summed E-state index contributed by atoms with van der Waals surface area (Å²) in [5, 5.41) is 7.00. The monoisotopic (exact) mass is 346 g/mol. The molecule has 1 saturated heterocycles. The van der Waals surface area contributed by atoms with Crippen molar-refractivity contribution in [3.8, 4) is 0 Å². The van der Waals surface area contributed by atoms with E-state index in [1.807, 2.05) is 10.7 Å². The second-order valence-corrected chi connectivity index (χ2v) is 6.41. The van der Waals surface area contributed by atoms with Crippen LogP contribution in [0, 0.1) is 5.82 Å². The van der Waals surface area contributed by atoms with Gasteiger partial charge in [0.2, 0.25) is 0 Å². The van der Waals surface area contributed by atoms with Crippen molar-refractivity contribution in [1.29, 1.82) is 0 Å². The Morgan fingerprint density at radius 1 is 1.42 bits per heavy atom. The number of halogens is 2. The van der Waals surface area contributed by atoms with Gasteiger partial charge in [0, 0.05) is 29.4 Å². The second kappa shape index (κ2) is 6.15. The molecule has 124 valence electrons. The number of hydrogen-bond donors (Lipinski definition) is 0. The summed E-state index contributed by atoms with van der Waals surface area (Å²) in [7, 11) is 0. The van der Waals surface area contributed by atoms with Gasteiger partial charge in [-0.1, -0.05) is 17.7 Å². The van der Waals surface area contributed by atoms with E-state index in [1.54, 1.807) is 12.3 Å². The summed E-state index contributed by atoms with van der Waals surface area (Å²) in [4.78, 5) is 10.9. The van der Waals surface area contributed by atoms with Crippen molar-refractivity contribution in [2.75, 3.05) is 6.61 Å². The third kappa shape index (κ3) is 2.39. The standard InChI is InChI=1S/C18H16ClFN2O2/c19-18-13-10-21-22(16-3-1-2-8-24-16)15(13)9-11-4-5-14(20)12(6-7-23)17(11)18/h4-5,7,9-10,16H,1-3,6,8H2. The highest BCUT2D eigenvalue weighted by Gasteiger charge is 2.21. The van der Waals surface area contributed by atoms with Gasteiger partial charge in [0.05, 0.1) is 16.7 Å². The van der Waals surface area contributed by atoms with E-state index in [0.29, 0.717) is 22.3 Å². The van der Waals surface area contributed by atoms with Gasteiger partial charge >= 0.3 is 0 Å². The van der Waals surface area contributed by atoms with Crippen LogP contribution in [-0.2, 0) is 16.0 Å². The molecule has 0 saturated carbocycles. The van der Waals surface area contributed by atoms with Crippen LogP contribution in [0.5, 0.6) is 0 Å². The molecule has 0 spiro atoms. The lowest BCUT2D eigenvalue weighted by atomic mass is 10.00. The Kier molecular flexibility index (Phi) is 3.98. The van der Waals surface area contributed by atoms with Crippen LogP contribution in [0.3, 0.4) is 0 Å². The van der Waals surface area contributed by atoms with Crippen LogP contribution in [0.4, 0.5) is 4.39 Å². The number of nitrogens with zero attached hydrogens (tertiary/aromatic N) is 2. The van der Waals surface area contributed by atoms with E-state index in [0.717, 1.165) is 42.2 Å². The van der Waals surface area contributed by atoms with E-state index >= 15 is 0 Å². The molecule has 1 atom stereocenters. The van der Waals surface area contributed by atoms with Crippen molar-refractivity contribution in [3.05, 3.63) is 40.8 Å². The van der Waals surface area contributed by atoms with Crippen LogP contribution in [0.1, 0.15) is 31.1 Å². The smallest absolute Gasteiger partial charge is 0.150 e. The topological polar surface area (TPSA) is 44.1 Å². The van der Waals surface area contributed by atoms with Crippen molar-refractivity contribution >= 4 is 39.6 Å². The number of fused-ring (bicyclic) bond motifs is 2. The molecule has 0 amide bonds. The first-order chi connectivity index (χ1) is 11.7. The van der Waals surface area contributed by atoms with Crippen molar-refractivity contribution in [2.24, 2.45) is 0 Å². The second-order valence-electron chi connectivity index (χ2n) is 6.03. The first-order valence-corrected chi connectivity index (χ1v) is 8.40. The molecule has 0 N–H and O–H groups in total.